The van der Waals surface area contributed by atoms with Gasteiger partial charge < -0.3 is 14.4 Å². The van der Waals surface area contributed by atoms with Gasteiger partial charge >= 0.3 is 5.97 Å². The molecule has 2 aliphatic rings. The van der Waals surface area contributed by atoms with Crippen LogP contribution in [0.25, 0.3) is 10.8 Å². The lowest BCUT2D eigenvalue weighted by Gasteiger charge is -2.28. The highest BCUT2D eigenvalue weighted by Gasteiger charge is 2.42. The highest BCUT2D eigenvalue weighted by molar-refractivity contribution is 7.18. The first kappa shape index (κ1) is 26.7. The van der Waals surface area contributed by atoms with E-state index in [-0.39, 0.29) is 13.0 Å². The zero-order valence-electron chi connectivity index (χ0n) is 22.5. The Balaban J connectivity index is 1.51. The first-order valence-corrected chi connectivity index (χ1v) is 14.3. The Morgan fingerprint density at radius 3 is 2.32 bits per heavy atom. The lowest BCUT2D eigenvalue weighted by Crippen LogP contribution is -2.36. The van der Waals surface area contributed by atoms with Crippen molar-refractivity contribution in [1.29, 1.82) is 5.26 Å². The quantitative estimate of drug-likeness (QED) is 0.220. The van der Waals surface area contributed by atoms with Crippen molar-refractivity contribution in [3.63, 3.8) is 0 Å². The maximum Gasteiger partial charge on any atom is 0.348 e. The molecule has 0 N–H and O–H groups in total. The molecule has 0 radical (unpaired) electrons. The number of hydrogen-bond acceptors (Lipinski definition) is 8. The average Bonchev–Trinajstić information content (AvgIpc) is 3.50. The number of carbonyl (C=O) groups excluding carboxylic acids is 3. The molecule has 0 spiro atoms. The molecule has 1 unspecified atom stereocenters. The summed E-state index contributed by atoms with van der Waals surface area (Å²) in [5.41, 5.74) is 2.26. The van der Waals surface area contributed by atoms with Crippen LogP contribution >= 0.6 is 11.3 Å². The zero-order valence-corrected chi connectivity index (χ0v) is 23.3. The van der Waals surface area contributed by atoms with Gasteiger partial charge in [0.05, 0.1) is 42.6 Å². The molecule has 6 rings (SSSR count). The van der Waals surface area contributed by atoms with E-state index in [4.69, 9.17) is 9.47 Å². The van der Waals surface area contributed by atoms with Crippen LogP contribution in [0.15, 0.2) is 66.7 Å². The number of rotatable bonds is 7. The van der Waals surface area contributed by atoms with Crippen molar-refractivity contribution in [2.24, 2.45) is 0 Å². The Bertz CT molecular complexity index is 1680. The van der Waals surface area contributed by atoms with Gasteiger partial charge in [0.1, 0.15) is 15.9 Å². The molecule has 3 heterocycles. The Morgan fingerprint density at radius 1 is 1.00 bits per heavy atom. The fourth-order valence-corrected chi connectivity index (χ4v) is 6.80. The third-order valence-corrected chi connectivity index (χ3v) is 8.83. The van der Waals surface area contributed by atoms with Crippen molar-refractivity contribution in [1.82, 2.24) is 4.90 Å². The zero-order chi connectivity index (χ0) is 28.5. The van der Waals surface area contributed by atoms with Crippen LogP contribution in [0, 0.1) is 11.3 Å². The Hall–Kier alpha value is -4.52. The van der Waals surface area contributed by atoms with Gasteiger partial charge in [-0.2, -0.15) is 5.26 Å². The highest BCUT2D eigenvalue weighted by atomic mass is 32.1. The smallest absolute Gasteiger partial charge is 0.348 e. The van der Waals surface area contributed by atoms with Gasteiger partial charge in [-0.3, -0.25) is 14.5 Å². The average molecular weight is 566 g/mol. The topological polar surface area (TPSA) is 99.9 Å². The number of esters is 1. The minimum atomic E-state index is -0.764. The van der Waals surface area contributed by atoms with Crippen LogP contribution in [-0.2, 0) is 15.9 Å². The fraction of sp³-hybridized carbons (Fsp3) is 0.250. The summed E-state index contributed by atoms with van der Waals surface area (Å²) in [6.45, 7) is 4.11. The minimum absolute atomic E-state index is 0.0850. The van der Waals surface area contributed by atoms with E-state index in [0.29, 0.717) is 58.4 Å². The monoisotopic (exact) mass is 565 g/mol. The van der Waals surface area contributed by atoms with Gasteiger partial charge in [0.2, 0.25) is 0 Å². The van der Waals surface area contributed by atoms with Crippen molar-refractivity contribution >= 4 is 44.9 Å². The summed E-state index contributed by atoms with van der Waals surface area (Å²) in [6, 6.07) is 22.0. The van der Waals surface area contributed by atoms with E-state index in [0.717, 1.165) is 16.3 Å². The number of nitrogens with zero attached hydrogens (tertiary/aromatic N) is 3. The molecule has 2 amide bonds. The third-order valence-electron chi connectivity index (χ3n) is 7.55. The predicted molar refractivity (Wildman–Crippen MR) is 155 cm³/mol. The summed E-state index contributed by atoms with van der Waals surface area (Å²) in [6.07, 6.45) is 0.0850. The van der Waals surface area contributed by atoms with Crippen LogP contribution in [0.1, 0.15) is 60.0 Å². The Labute approximate surface area is 241 Å². The molecule has 0 bridgehead atoms. The van der Waals surface area contributed by atoms with E-state index in [1.165, 1.54) is 16.2 Å². The second-order valence-corrected chi connectivity index (χ2v) is 10.9. The first-order valence-electron chi connectivity index (χ1n) is 13.5. The van der Waals surface area contributed by atoms with Gasteiger partial charge in [-0.1, -0.05) is 48.5 Å². The van der Waals surface area contributed by atoms with Crippen molar-refractivity contribution in [3.05, 3.63) is 99.4 Å². The molecular formula is C32H27N3O5S. The number of anilines is 1. The molecule has 0 saturated carbocycles. The van der Waals surface area contributed by atoms with E-state index in [1.807, 2.05) is 47.4 Å². The Kier molecular flexibility index (Phi) is 7.26. The number of hydrogen-bond donors (Lipinski definition) is 0. The normalized spacial score (nSPS) is 15.6. The predicted octanol–water partition coefficient (Wildman–Crippen LogP) is 5.37. The molecule has 3 aromatic carbocycles. The number of benzene rings is 3. The summed E-state index contributed by atoms with van der Waals surface area (Å²) < 4.78 is 10.9. The van der Waals surface area contributed by atoms with Gasteiger partial charge in [-0.15, -0.1) is 11.3 Å². The second-order valence-electron chi connectivity index (χ2n) is 9.87. The second kappa shape index (κ2) is 11.2. The number of imide groups is 1. The highest BCUT2D eigenvalue weighted by Crippen LogP contribution is 2.42. The van der Waals surface area contributed by atoms with E-state index >= 15 is 0 Å². The Morgan fingerprint density at radius 2 is 1.66 bits per heavy atom. The van der Waals surface area contributed by atoms with Gasteiger partial charge in [-0.25, -0.2) is 4.79 Å². The van der Waals surface area contributed by atoms with Crippen molar-refractivity contribution in [2.45, 2.75) is 19.4 Å². The van der Waals surface area contributed by atoms with Crippen LogP contribution in [0.5, 0.6) is 0 Å². The molecule has 1 fully saturated rings. The van der Waals surface area contributed by atoms with E-state index < -0.39 is 23.8 Å². The van der Waals surface area contributed by atoms with Gasteiger partial charge in [0.25, 0.3) is 11.8 Å². The summed E-state index contributed by atoms with van der Waals surface area (Å²) in [5, 5.41) is 13.0. The minimum Gasteiger partial charge on any atom is -0.462 e. The largest absolute Gasteiger partial charge is 0.462 e. The standard InChI is InChI=1S/C32H27N3O5S/c1-2-40-32(38)28-25(26(19-33)31(41-28)34-13-15-39-16-14-34)18-27(22-12-11-20-7-3-4-8-21(20)17-22)35-29(36)23-9-5-6-10-24(23)30(35)37/h3-12,17,27H,2,13-16,18H2,1H3. The molecule has 2 aliphatic heterocycles. The number of thiophene rings is 1. The van der Waals surface area contributed by atoms with Gasteiger partial charge in [-0.05, 0) is 47.0 Å². The van der Waals surface area contributed by atoms with Crippen molar-refractivity contribution in [3.8, 4) is 6.07 Å². The number of morpholine rings is 1. The molecule has 0 aliphatic carbocycles. The molecule has 1 atom stereocenters. The summed E-state index contributed by atoms with van der Waals surface area (Å²) >= 11 is 1.22. The van der Waals surface area contributed by atoms with Crippen LogP contribution in [0.3, 0.4) is 0 Å². The van der Waals surface area contributed by atoms with Crippen LogP contribution in [0.2, 0.25) is 0 Å². The van der Waals surface area contributed by atoms with Gasteiger partial charge in [0, 0.05) is 19.5 Å². The number of ether oxygens (including phenoxy) is 2. The maximum atomic E-state index is 13.7. The van der Waals surface area contributed by atoms with E-state index in [1.54, 1.807) is 31.2 Å². The molecular weight excluding hydrogens is 538 g/mol. The molecule has 1 saturated heterocycles. The van der Waals surface area contributed by atoms with Crippen molar-refractivity contribution < 1.29 is 23.9 Å². The number of carbonyl (C=O) groups is 3. The molecule has 9 heteroatoms. The molecule has 1 aromatic heterocycles. The lowest BCUT2D eigenvalue weighted by atomic mass is 9.93. The lowest BCUT2D eigenvalue weighted by molar-refractivity contribution is 0.0530. The maximum absolute atomic E-state index is 13.7. The summed E-state index contributed by atoms with van der Waals surface area (Å²) in [4.78, 5) is 44.3. The molecule has 8 nitrogen and oxygen atoms in total. The molecule has 4 aromatic rings. The number of fused-ring (bicyclic) bond motifs is 2. The first-order chi connectivity index (χ1) is 20.0. The van der Waals surface area contributed by atoms with Crippen LogP contribution < -0.4 is 4.90 Å². The summed E-state index contributed by atoms with van der Waals surface area (Å²) in [7, 11) is 0. The van der Waals surface area contributed by atoms with Crippen molar-refractivity contribution in [2.75, 3.05) is 37.8 Å². The third kappa shape index (κ3) is 4.75. The molecule has 41 heavy (non-hydrogen) atoms. The van der Waals surface area contributed by atoms with Crippen LogP contribution in [0.4, 0.5) is 5.00 Å². The van der Waals surface area contributed by atoms with Crippen LogP contribution in [-0.4, -0.2) is 55.6 Å². The number of amides is 2. The number of nitriles is 1. The van der Waals surface area contributed by atoms with Gasteiger partial charge in [0.15, 0.2) is 0 Å². The summed E-state index contributed by atoms with van der Waals surface area (Å²) in [5.74, 6) is -1.32. The fourth-order valence-electron chi connectivity index (χ4n) is 5.57. The van der Waals surface area contributed by atoms with E-state index in [9.17, 15) is 19.6 Å². The van der Waals surface area contributed by atoms with E-state index in [2.05, 4.69) is 6.07 Å². The molecule has 206 valence electrons. The SMILES string of the molecule is CCOC(=O)c1sc(N2CCOCC2)c(C#N)c1CC(c1ccc2ccccc2c1)N1C(=O)c2ccccc2C1=O.